The first-order valence-corrected chi connectivity index (χ1v) is 19.5. The van der Waals surface area contributed by atoms with Gasteiger partial charge in [-0.25, -0.2) is 19.6 Å². The molecule has 4 amide bonds. The van der Waals surface area contributed by atoms with E-state index in [0.29, 0.717) is 31.2 Å². The normalized spacial score (nSPS) is 13.5. The van der Waals surface area contributed by atoms with Crippen molar-refractivity contribution in [3.05, 3.63) is 65.9 Å². The molecule has 15 heteroatoms. The molecular weight excluding hydrogens is 729 g/mol. The summed E-state index contributed by atoms with van der Waals surface area (Å²) in [5.74, 6) is 1.54. The molecule has 3 heterocycles. The molecule has 0 bridgehead atoms. The van der Waals surface area contributed by atoms with Gasteiger partial charge in [-0.3, -0.25) is 9.59 Å². The number of hydrogen-bond acceptors (Lipinski definition) is 9. The van der Waals surface area contributed by atoms with Crippen LogP contribution in [0.15, 0.2) is 48.7 Å². The number of ether oxygens (including phenoxy) is 3. The van der Waals surface area contributed by atoms with Crippen LogP contribution in [0.4, 0.5) is 9.59 Å². The van der Waals surface area contributed by atoms with E-state index in [2.05, 4.69) is 54.6 Å². The zero-order valence-corrected chi connectivity index (χ0v) is 33.7. The molecule has 1 aliphatic heterocycles. The summed E-state index contributed by atoms with van der Waals surface area (Å²) in [4.78, 5) is 70.2. The van der Waals surface area contributed by atoms with Crippen molar-refractivity contribution in [2.24, 2.45) is 5.92 Å². The lowest BCUT2D eigenvalue weighted by molar-refractivity contribution is -0.135. The number of rotatable bonds is 15. The number of methoxy groups -OCH3 is 2. The number of amides is 4. The Hall–Kier alpha value is -6.12. The van der Waals surface area contributed by atoms with Gasteiger partial charge >= 0.3 is 12.2 Å². The highest BCUT2D eigenvalue weighted by molar-refractivity contribution is 6.07. The Morgan fingerprint density at radius 2 is 1.70 bits per heavy atom. The SMILES string of the molecule is CCCN(Cc1nc2c(ccc3cc4c(cc32)OCc2cc(-c3cnc(CN(C(=O)CNC(=O)OC)[C@@H](C)CC)[nH]3)ccc2-4)[nH]1)C(=O)[C@@H](NC(=O)OC)[C@@H](C)CC. The van der Waals surface area contributed by atoms with Gasteiger partial charge in [-0.15, -0.1) is 0 Å². The van der Waals surface area contributed by atoms with E-state index in [1.807, 2.05) is 52.8 Å². The molecule has 0 saturated heterocycles. The summed E-state index contributed by atoms with van der Waals surface area (Å²) in [5, 5.41) is 7.14. The molecule has 0 fully saturated rings. The van der Waals surface area contributed by atoms with E-state index in [9.17, 15) is 19.2 Å². The van der Waals surface area contributed by atoms with Gasteiger partial charge in [0, 0.05) is 23.5 Å². The standard InChI is InChI=1S/C42H52N8O7/c1-8-15-49(40(52)38(24(4)9-2)48-42(54)56-7)21-36-45-32-14-12-26-17-31-29-13-11-27(16-28(29)23-57-34(31)18-30(26)39(32)47-36)33-19-43-35(46-33)22-50(25(5)10-3)37(51)20-44-41(53)55-6/h11-14,16-19,24-25,38H,8-10,15,20-23H2,1-7H3,(H,43,46)(H,44,53)(H,45,47)(H,48,54)/t24-,25-,38-/m0/s1. The molecule has 302 valence electrons. The van der Waals surface area contributed by atoms with Crippen LogP contribution >= 0.6 is 0 Å². The first-order valence-electron chi connectivity index (χ1n) is 19.5. The minimum atomic E-state index is -0.717. The lowest BCUT2D eigenvalue weighted by Gasteiger charge is -2.29. The highest BCUT2D eigenvalue weighted by Gasteiger charge is 2.31. The number of H-pyrrole nitrogens is 2. The third kappa shape index (κ3) is 8.82. The van der Waals surface area contributed by atoms with E-state index < -0.39 is 18.2 Å². The van der Waals surface area contributed by atoms with Crippen LogP contribution in [0.5, 0.6) is 5.75 Å². The molecule has 3 atom stereocenters. The minimum absolute atomic E-state index is 0.0637. The second-order valence-corrected chi connectivity index (χ2v) is 14.5. The summed E-state index contributed by atoms with van der Waals surface area (Å²) in [6.07, 6.45) is 2.66. The first-order chi connectivity index (χ1) is 27.5. The van der Waals surface area contributed by atoms with Gasteiger partial charge in [0.1, 0.15) is 36.6 Å². The lowest BCUT2D eigenvalue weighted by Crippen LogP contribution is -2.51. The monoisotopic (exact) mass is 780 g/mol. The fraction of sp³-hybridized carbons (Fsp3) is 0.429. The number of fused-ring (bicyclic) bond motifs is 6. The summed E-state index contributed by atoms with van der Waals surface area (Å²) >= 11 is 0. The number of hydrogen-bond donors (Lipinski definition) is 4. The molecule has 15 nitrogen and oxygen atoms in total. The van der Waals surface area contributed by atoms with E-state index in [-0.39, 0.29) is 43.4 Å². The van der Waals surface area contributed by atoms with Gasteiger partial charge in [-0.2, -0.15) is 0 Å². The van der Waals surface area contributed by atoms with Gasteiger partial charge in [-0.1, -0.05) is 52.3 Å². The highest BCUT2D eigenvalue weighted by Crippen LogP contribution is 2.42. The van der Waals surface area contributed by atoms with Crippen molar-refractivity contribution in [1.82, 2.24) is 40.4 Å². The van der Waals surface area contributed by atoms with Crippen molar-refractivity contribution < 1.29 is 33.4 Å². The number of nitrogens with zero attached hydrogens (tertiary/aromatic N) is 4. The molecule has 4 N–H and O–H groups in total. The van der Waals surface area contributed by atoms with Crippen LogP contribution in [0.1, 0.15) is 71.1 Å². The number of nitrogens with one attached hydrogen (secondary N) is 4. The molecule has 5 aromatic rings. The van der Waals surface area contributed by atoms with E-state index >= 15 is 0 Å². The van der Waals surface area contributed by atoms with Crippen LogP contribution in [-0.4, -0.2) is 93.1 Å². The summed E-state index contributed by atoms with van der Waals surface area (Å²) in [7, 11) is 2.55. The molecule has 2 aromatic heterocycles. The molecule has 0 spiro atoms. The van der Waals surface area contributed by atoms with E-state index in [4.69, 9.17) is 14.5 Å². The third-order valence-corrected chi connectivity index (χ3v) is 10.8. The maximum Gasteiger partial charge on any atom is 0.407 e. The number of benzene rings is 3. The smallest absolute Gasteiger partial charge is 0.407 e. The molecule has 1 aliphatic rings. The van der Waals surface area contributed by atoms with Gasteiger partial charge in [-0.05, 0) is 72.0 Å². The molecule has 6 rings (SSSR count). The molecule has 0 aliphatic carbocycles. The van der Waals surface area contributed by atoms with Crippen LogP contribution in [0.2, 0.25) is 0 Å². The highest BCUT2D eigenvalue weighted by atomic mass is 16.5. The van der Waals surface area contributed by atoms with Crippen LogP contribution in [0.3, 0.4) is 0 Å². The largest absolute Gasteiger partial charge is 0.488 e. The van der Waals surface area contributed by atoms with Gasteiger partial charge < -0.3 is 44.6 Å². The van der Waals surface area contributed by atoms with Crippen LogP contribution in [-0.2, 0) is 38.8 Å². The van der Waals surface area contributed by atoms with Crippen molar-refractivity contribution in [2.75, 3.05) is 27.3 Å². The number of aromatic amines is 2. The second kappa shape index (κ2) is 17.8. The Morgan fingerprint density at radius 3 is 2.42 bits per heavy atom. The fourth-order valence-corrected chi connectivity index (χ4v) is 7.15. The number of carbonyl (C=O) groups excluding carboxylic acids is 4. The van der Waals surface area contributed by atoms with Crippen molar-refractivity contribution in [2.45, 2.75) is 85.7 Å². The molecule has 0 radical (unpaired) electrons. The zero-order chi connectivity index (χ0) is 40.8. The number of alkyl carbamates (subject to hydrolysis) is 2. The number of aromatic nitrogens is 4. The Balaban J connectivity index is 1.22. The van der Waals surface area contributed by atoms with Gasteiger partial charge in [0.2, 0.25) is 11.8 Å². The lowest BCUT2D eigenvalue weighted by atomic mass is 9.92. The minimum Gasteiger partial charge on any atom is -0.488 e. The summed E-state index contributed by atoms with van der Waals surface area (Å²) in [5.41, 5.74) is 6.46. The number of imidazole rings is 2. The predicted octanol–water partition coefficient (Wildman–Crippen LogP) is 6.66. The molecule has 57 heavy (non-hydrogen) atoms. The van der Waals surface area contributed by atoms with E-state index in [1.165, 1.54) is 14.2 Å². The summed E-state index contributed by atoms with van der Waals surface area (Å²) in [6.45, 7) is 11.1. The Labute approximate surface area is 331 Å². The Kier molecular flexibility index (Phi) is 12.6. The average Bonchev–Trinajstić information content (AvgIpc) is 3.89. The Bertz CT molecular complexity index is 2270. The van der Waals surface area contributed by atoms with Crippen molar-refractivity contribution >= 4 is 45.8 Å². The summed E-state index contributed by atoms with van der Waals surface area (Å²) in [6, 6.07) is 13.7. The Morgan fingerprint density at radius 1 is 0.912 bits per heavy atom. The summed E-state index contributed by atoms with van der Waals surface area (Å²) < 4.78 is 15.8. The maximum absolute atomic E-state index is 13.8. The predicted molar refractivity (Wildman–Crippen MR) is 216 cm³/mol. The van der Waals surface area contributed by atoms with Crippen molar-refractivity contribution in [1.29, 1.82) is 0 Å². The van der Waals surface area contributed by atoms with Crippen LogP contribution in [0, 0.1) is 5.92 Å². The van der Waals surface area contributed by atoms with Crippen LogP contribution < -0.4 is 15.4 Å². The van der Waals surface area contributed by atoms with E-state index in [1.54, 1.807) is 16.0 Å². The van der Waals surface area contributed by atoms with Gasteiger partial charge in [0.15, 0.2) is 0 Å². The number of carbonyl (C=O) groups is 4. The quantitative estimate of drug-likeness (QED) is 0.0903. The fourth-order valence-electron chi connectivity index (χ4n) is 7.15. The second-order valence-electron chi connectivity index (χ2n) is 14.5. The van der Waals surface area contributed by atoms with Crippen molar-refractivity contribution in [3.63, 3.8) is 0 Å². The van der Waals surface area contributed by atoms with E-state index in [0.717, 1.165) is 68.3 Å². The topological polar surface area (TPSA) is 184 Å². The third-order valence-electron chi connectivity index (χ3n) is 10.8. The van der Waals surface area contributed by atoms with Gasteiger partial charge in [0.25, 0.3) is 0 Å². The first kappa shape index (κ1) is 40.5. The van der Waals surface area contributed by atoms with Crippen molar-refractivity contribution in [3.8, 4) is 28.1 Å². The average molecular weight is 781 g/mol. The molecular formula is C42H52N8O7. The maximum atomic E-state index is 13.8. The van der Waals surface area contributed by atoms with Crippen LogP contribution in [0.25, 0.3) is 44.2 Å². The molecule has 0 unspecified atom stereocenters. The van der Waals surface area contributed by atoms with Gasteiger partial charge in [0.05, 0.1) is 50.2 Å². The zero-order valence-electron chi connectivity index (χ0n) is 33.7. The molecule has 0 saturated carbocycles. The molecule has 3 aromatic carbocycles.